The first-order valence-electron chi connectivity index (χ1n) is 8.39. The number of hydrogen-bond acceptors (Lipinski definition) is 4. The number of benzene rings is 2. The summed E-state index contributed by atoms with van der Waals surface area (Å²) >= 11 is 0. The van der Waals surface area contributed by atoms with Gasteiger partial charge in [0.15, 0.2) is 0 Å². The van der Waals surface area contributed by atoms with Crippen molar-refractivity contribution >= 4 is 23.5 Å². The van der Waals surface area contributed by atoms with Gasteiger partial charge in [0.05, 0.1) is 24.5 Å². The van der Waals surface area contributed by atoms with Gasteiger partial charge in [-0.1, -0.05) is 30.3 Å². The van der Waals surface area contributed by atoms with Gasteiger partial charge in [0.2, 0.25) is 11.8 Å². The zero-order valence-electron chi connectivity index (χ0n) is 14.4. The molecule has 0 bridgehead atoms. The monoisotopic (exact) mass is 352 g/mol. The Morgan fingerprint density at radius 3 is 2.27 bits per heavy atom. The first-order chi connectivity index (χ1) is 12.6. The highest BCUT2D eigenvalue weighted by Crippen LogP contribution is 2.39. The second-order valence-electron chi connectivity index (χ2n) is 6.21. The van der Waals surface area contributed by atoms with E-state index in [0.717, 1.165) is 5.56 Å². The first-order valence-corrected chi connectivity index (χ1v) is 8.39. The van der Waals surface area contributed by atoms with E-state index in [1.165, 1.54) is 7.11 Å². The van der Waals surface area contributed by atoms with Crippen LogP contribution in [0.2, 0.25) is 0 Å². The summed E-state index contributed by atoms with van der Waals surface area (Å²) in [7, 11) is 1.31. The van der Waals surface area contributed by atoms with Gasteiger partial charge in [0.1, 0.15) is 0 Å². The van der Waals surface area contributed by atoms with Crippen LogP contribution in [0.15, 0.2) is 54.6 Å². The van der Waals surface area contributed by atoms with Crippen molar-refractivity contribution in [3.05, 3.63) is 65.7 Å². The van der Waals surface area contributed by atoms with Crippen molar-refractivity contribution in [3.63, 3.8) is 0 Å². The maximum atomic E-state index is 12.3. The highest BCUT2D eigenvalue weighted by Gasteiger charge is 2.47. The van der Waals surface area contributed by atoms with Crippen LogP contribution in [0.25, 0.3) is 0 Å². The third-order valence-corrected chi connectivity index (χ3v) is 4.35. The first kappa shape index (κ1) is 17.7. The Morgan fingerprint density at radius 1 is 0.962 bits per heavy atom. The van der Waals surface area contributed by atoms with Crippen molar-refractivity contribution in [2.75, 3.05) is 12.4 Å². The summed E-state index contributed by atoms with van der Waals surface area (Å²) in [6.45, 7) is 0.458. The van der Waals surface area contributed by atoms with Crippen LogP contribution < -0.4 is 10.6 Å². The quantitative estimate of drug-likeness (QED) is 0.782. The summed E-state index contributed by atoms with van der Waals surface area (Å²) in [4.78, 5) is 35.8. The molecule has 2 atom stereocenters. The van der Waals surface area contributed by atoms with E-state index in [1.54, 1.807) is 24.3 Å². The summed E-state index contributed by atoms with van der Waals surface area (Å²) in [5.74, 6) is -1.31. The molecule has 6 heteroatoms. The fourth-order valence-corrected chi connectivity index (χ4v) is 2.73. The lowest BCUT2D eigenvalue weighted by atomic mass is 10.2. The third kappa shape index (κ3) is 4.27. The van der Waals surface area contributed by atoms with Crippen LogP contribution in [0.1, 0.15) is 22.3 Å². The third-order valence-electron chi connectivity index (χ3n) is 4.35. The van der Waals surface area contributed by atoms with Gasteiger partial charge in [0.25, 0.3) is 0 Å². The number of ether oxygens (including phenoxy) is 1. The van der Waals surface area contributed by atoms with Crippen LogP contribution in [0.3, 0.4) is 0 Å². The molecule has 0 aliphatic heterocycles. The summed E-state index contributed by atoms with van der Waals surface area (Å²) in [5, 5.41) is 5.64. The molecule has 134 valence electrons. The summed E-state index contributed by atoms with van der Waals surface area (Å²) < 4.78 is 4.63. The molecule has 2 N–H and O–H groups in total. The van der Waals surface area contributed by atoms with Crippen LogP contribution >= 0.6 is 0 Å². The molecule has 0 spiro atoms. The minimum absolute atomic E-state index is 0.102. The molecule has 0 aromatic heterocycles. The number of nitrogens with one attached hydrogen (secondary N) is 2. The SMILES string of the molecule is COC(=O)c1ccc(NC(=O)C2CC2C(=O)NCc2ccccc2)cc1. The van der Waals surface area contributed by atoms with Crippen molar-refractivity contribution in [3.8, 4) is 0 Å². The Bertz CT molecular complexity index is 802. The van der Waals surface area contributed by atoms with E-state index in [2.05, 4.69) is 15.4 Å². The molecule has 2 aromatic rings. The van der Waals surface area contributed by atoms with E-state index in [0.29, 0.717) is 24.2 Å². The highest BCUT2D eigenvalue weighted by atomic mass is 16.5. The zero-order valence-corrected chi connectivity index (χ0v) is 14.4. The molecule has 1 saturated carbocycles. The Kier molecular flexibility index (Phi) is 5.31. The molecule has 1 aliphatic carbocycles. The van der Waals surface area contributed by atoms with Crippen LogP contribution in [0, 0.1) is 11.8 Å². The van der Waals surface area contributed by atoms with Gasteiger partial charge in [-0.05, 0) is 36.2 Å². The molecule has 6 nitrogen and oxygen atoms in total. The van der Waals surface area contributed by atoms with Crippen LogP contribution in [-0.2, 0) is 20.9 Å². The molecule has 0 heterocycles. The van der Waals surface area contributed by atoms with Crippen molar-refractivity contribution in [2.24, 2.45) is 11.8 Å². The molecular formula is C20H20N2O4. The topological polar surface area (TPSA) is 84.5 Å². The number of anilines is 1. The van der Waals surface area contributed by atoms with Gasteiger partial charge in [-0.15, -0.1) is 0 Å². The molecule has 1 aliphatic rings. The van der Waals surface area contributed by atoms with Crippen molar-refractivity contribution in [2.45, 2.75) is 13.0 Å². The van der Waals surface area contributed by atoms with E-state index < -0.39 is 5.97 Å². The second-order valence-corrected chi connectivity index (χ2v) is 6.21. The number of amides is 2. The fourth-order valence-electron chi connectivity index (χ4n) is 2.73. The predicted molar refractivity (Wildman–Crippen MR) is 96.3 cm³/mol. The zero-order chi connectivity index (χ0) is 18.5. The number of carbonyl (C=O) groups excluding carboxylic acids is 3. The van der Waals surface area contributed by atoms with E-state index in [4.69, 9.17) is 0 Å². The maximum absolute atomic E-state index is 12.3. The molecule has 0 saturated heterocycles. The molecule has 1 fully saturated rings. The minimum Gasteiger partial charge on any atom is -0.465 e. The summed E-state index contributed by atoms with van der Waals surface area (Å²) in [5.41, 5.74) is 2.02. The van der Waals surface area contributed by atoms with Gasteiger partial charge in [0, 0.05) is 12.2 Å². The van der Waals surface area contributed by atoms with E-state index in [1.807, 2.05) is 30.3 Å². The lowest BCUT2D eigenvalue weighted by Gasteiger charge is -2.07. The molecule has 2 unspecified atom stereocenters. The average Bonchev–Trinajstić information content (AvgIpc) is 3.48. The molecule has 2 amide bonds. The number of hydrogen-bond donors (Lipinski definition) is 2. The Labute approximate surface area is 151 Å². The molecule has 3 rings (SSSR count). The van der Waals surface area contributed by atoms with Crippen molar-refractivity contribution in [1.29, 1.82) is 0 Å². The van der Waals surface area contributed by atoms with Gasteiger partial charge in [-0.25, -0.2) is 4.79 Å². The second kappa shape index (κ2) is 7.82. The van der Waals surface area contributed by atoms with Gasteiger partial charge >= 0.3 is 5.97 Å². The molecule has 26 heavy (non-hydrogen) atoms. The van der Waals surface area contributed by atoms with E-state index >= 15 is 0 Å². The molecule has 2 aromatic carbocycles. The van der Waals surface area contributed by atoms with Crippen LogP contribution in [-0.4, -0.2) is 24.9 Å². The number of esters is 1. The average molecular weight is 352 g/mol. The standard InChI is InChI=1S/C20H20N2O4/c1-26-20(25)14-7-9-15(10-8-14)22-19(24)17-11-16(17)18(23)21-12-13-5-3-2-4-6-13/h2-10,16-17H,11-12H2,1H3,(H,21,23)(H,22,24). The van der Waals surface area contributed by atoms with Crippen LogP contribution in [0.4, 0.5) is 5.69 Å². The van der Waals surface area contributed by atoms with Crippen molar-refractivity contribution in [1.82, 2.24) is 5.32 Å². The van der Waals surface area contributed by atoms with Gasteiger partial charge in [-0.2, -0.15) is 0 Å². The number of rotatable bonds is 6. The fraction of sp³-hybridized carbons (Fsp3) is 0.250. The molecular weight excluding hydrogens is 332 g/mol. The Balaban J connectivity index is 1.47. The number of carbonyl (C=O) groups is 3. The maximum Gasteiger partial charge on any atom is 0.337 e. The summed E-state index contributed by atoms with van der Waals surface area (Å²) in [6.07, 6.45) is 0.548. The lowest BCUT2D eigenvalue weighted by molar-refractivity contribution is -0.125. The lowest BCUT2D eigenvalue weighted by Crippen LogP contribution is -2.27. The molecule has 0 radical (unpaired) electrons. The van der Waals surface area contributed by atoms with Crippen LogP contribution in [0.5, 0.6) is 0 Å². The number of methoxy groups -OCH3 is 1. The smallest absolute Gasteiger partial charge is 0.337 e. The van der Waals surface area contributed by atoms with Gasteiger partial charge < -0.3 is 15.4 Å². The van der Waals surface area contributed by atoms with E-state index in [-0.39, 0.29) is 23.7 Å². The van der Waals surface area contributed by atoms with E-state index in [9.17, 15) is 14.4 Å². The minimum atomic E-state index is -0.430. The Hall–Kier alpha value is -3.15. The predicted octanol–water partition coefficient (Wildman–Crippen LogP) is 2.36. The highest BCUT2D eigenvalue weighted by molar-refractivity contribution is 5.99. The summed E-state index contributed by atoms with van der Waals surface area (Å²) in [6, 6.07) is 16.1. The Morgan fingerprint density at radius 2 is 1.62 bits per heavy atom. The normalized spacial score (nSPS) is 17.9. The van der Waals surface area contributed by atoms with Gasteiger partial charge in [-0.3, -0.25) is 9.59 Å². The van der Waals surface area contributed by atoms with Crippen molar-refractivity contribution < 1.29 is 19.1 Å². The largest absolute Gasteiger partial charge is 0.465 e.